The topological polar surface area (TPSA) is 101 Å². The number of hydrogen-bond donors (Lipinski definition) is 0. The summed E-state index contributed by atoms with van der Waals surface area (Å²) in [5.74, 6) is -1.13. The Labute approximate surface area is 194 Å². The van der Waals surface area contributed by atoms with E-state index in [-0.39, 0.29) is 29.6 Å². The molecule has 1 aromatic heterocycles. The highest BCUT2D eigenvalue weighted by Gasteiger charge is 2.29. The number of nitrogens with zero attached hydrogens (tertiary/aromatic N) is 4. The number of ether oxygens (including phenoxy) is 2. The van der Waals surface area contributed by atoms with E-state index in [0.29, 0.717) is 19.8 Å². The van der Waals surface area contributed by atoms with Crippen molar-refractivity contribution in [2.45, 2.75) is 11.4 Å². The minimum absolute atomic E-state index is 0.00321. The van der Waals surface area contributed by atoms with Crippen molar-refractivity contribution in [1.82, 2.24) is 13.8 Å². The second-order valence-electron chi connectivity index (χ2n) is 8.08. The van der Waals surface area contributed by atoms with Crippen LogP contribution in [0.15, 0.2) is 41.4 Å². The van der Waals surface area contributed by atoms with Crippen molar-refractivity contribution in [2.75, 3.05) is 59.0 Å². The second-order valence-corrected chi connectivity index (χ2v) is 10.0. The average Bonchev–Trinajstić information content (AvgIpc) is 3.20. The third-order valence-corrected chi connectivity index (χ3v) is 7.29. The van der Waals surface area contributed by atoms with Crippen molar-refractivity contribution >= 4 is 27.6 Å². The maximum atomic E-state index is 12.8. The van der Waals surface area contributed by atoms with Gasteiger partial charge in [-0.05, 0) is 23.8 Å². The van der Waals surface area contributed by atoms with Crippen molar-refractivity contribution in [2.24, 2.45) is 7.05 Å². The zero-order valence-electron chi connectivity index (χ0n) is 19.4. The molecular weight excluding hydrogens is 448 g/mol. The molecule has 33 heavy (non-hydrogen) atoms. The van der Waals surface area contributed by atoms with E-state index < -0.39 is 22.6 Å². The summed E-state index contributed by atoms with van der Waals surface area (Å²) in [6, 6.07) is 9.07. The Morgan fingerprint density at radius 1 is 1.09 bits per heavy atom. The number of amides is 1. The van der Waals surface area contributed by atoms with E-state index in [2.05, 4.69) is 0 Å². The highest BCUT2D eigenvalue weighted by molar-refractivity contribution is 7.89. The fourth-order valence-electron chi connectivity index (χ4n) is 3.39. The normalized spacial score (nSPS) is 14.7. The van der Waals surface area contributed by atoms with Gasteiger partial charge >= 0.3 is 5.97 Å². The van der Waals surface area contributed by atoms with E-state index in [1.165, 1.54) is 26.0 Å². The Morgan fingerprint density at radius 3 is 2.33 bits per heavy atom. The van der Waals surface area contributed by atoms with Crippen molar-refractivity contribution in [3.8, 4) is 0 Å². The number of sulfonamides is 1. The van der Waals surface area contributed by atoms with Crippen LogP contribution in [0.25, 0.3) is 0 Å². The SMILES string of the molecule is CN(Cc1ccc(N(C)C)cc1)C(=O)COC(=O)c1cc(S(=O)(=O)N2CCOCC2)cn1C. The Balaban J connectivity index is 1.58. The summed E-state index contributed by atoms with van der Waals surface area (Å²) in [4.78, 5) is 28.4. The summed E-state index contributed by atoms with van der Waals surface area (Å²) in [7, 11) is 3.35. The summed E-state index contributed by atoms with van der Waals surface area (Å²) in [5, 5.41) is 0. The van der Waals surface area contributed by atoms with Gasteiger partial charge in [0.05, 0.1) is 13.2 Å². The zero-order valence-corrected chi connectivity index (χ0v) is 20.2. The quantitative estimate of drug-likeness (QED) is 0.520. The van der Waals surface area contributed by atoms with Crippen LogP contribution in [-0.4, -0.2) is 88.1 Å². The van der Waals surface area contributed by atoms with Crippen LogP contribution < -0.4 is 4.90 Å². The van der Waals surface area contributed by atoms with Gasteiger partial charge in [0.1, 0.15) is 10.6 Å². The molecule has 3 rings (SSSR count). The molecule has 0 atom stereocenters. The number of benzene rings is 1. The summed E-state index contributed by atoms with van der Waals surface area (Å²) >= 11 is 0. The molecule has 2 heterocycles. The van der Waals surface area contributed by atoms with Gasteiger partial charge in [-0.25, -0.2) is 13.2 Å². The van der Waals surface area contributed by atoms with Gasteiger partial charge in [0, 0.05) is 59.7 Å². The monoisotopic (exact) mass is 478 g/mol. The lowest BCUT2D eigenvalue weighted by Gasteiger charge is -2.25. The number of carbonyl (C=O) groups is 2. The molecule has 180 valence electrons. The lowest BCUT2D eigenvalue weighted by molar-refractivity contribution is -0.133. The molecule has 1 saturated heterocycles. The number of morpholine rings is 1. The van der Waals surface area contributed by atoms with Crippen molar-refractivity contribution in [1.29, 1.82) is 0 Å². The van der Waals surface area contributed by atoms with Crippen LogP contribution in [0.3, 0.4) is 0 Å². The molecule has 0 radical (unpaired) electrons. The van der Waals surface area contributed by atoms with Gasteiger partial charge in [-0.2, -0.15) is 4.31 Å². The molecule has 0 bridgehead atoms. The highest BCUT2D eigenvalue weighted by atomic mass is 32.2. The molecule has 0 unspecified atom stereocenters. The van der Waals surface area contributed by atoms with Crippen LogP contribution in [0.2, 0.25) is 0 Å². The molecule has 0 spiro atoms. The van der Waals surface area contributed by atoms with Gasteiger partial charge in [-0.3, -0.25) is 4.79 Å². The third-order valence-electron chi connectivity index (χ3n) is 5.42. The minimum Gasteiger partial charge on any atom is -0.451 e. The van der Waals surface area contributed by atoms with Gasteiger partial charge in [-0.15, -0.1) is 0 Å². The first kappa shape index (κ1) is 24.7. The van der Waals surface area contributed by atoms with Crippen molar-refractivity contribution in [3.05, 3.63) is 47.8 Å². The number of rotatable bonds is 8. The average molecular weight is 479 g/mol. The van der Waals surface area contributed by atoms with Crippen LogP contribution in [0.5, 0.6) is 0 Å². The van der Waals surface area contributed by atoms with Crippen LogP contribution in [0.1, 0.15) is 16.1 Å². The molecule has 10 nitrogen and oxygen atoms in total. The molecule has 2 aromatic rings. The van der Waals surface area contributed by atoms with Gasteiger partial charge in [0.15, 0.2) is 6.61 Å². The highest BCUT2D eigenvalue weighted by Crippen LogP contribution is 2.20. The molecule has 1 aromatic carbocycles. The van der Waals surface area contributed by atoms with Gasteiger partial charge < -0.3 is 23.8 Å². The zero-order chi connectivity index (χ0) is 24.2. The number of aryl methyl sites for hydroxylation is 1. The first-order valence-corrected chi connectivity index (χ1v) is 11.9. The van der Waals surface area contributed by atoms with E-state index in [9.17, 15) is 18.0 Å². The predicted molar refractivity (Wildman–Crippen MR) is 123 cm³/mol. The number of carbonyl (C=O) groups excluding carboxylic acids is 2. The van der Waals surface area contributed by atoms with E-state index in [0.717, 1.165) is 11.3 Å². The summed E-state index contributed by atoms with van der Waals surface area (Å²) in [6.07, 6.45) is 1.37. The van der Waals surface area contributed by atoms with Crippen LogP contribution >= 0.6 is 0 Å². The third kappa shape index (κ3) is 5.92. The van der Waals surface area contributed by atoms with E-state index in [4.69, 9.17) is 9.47 Å². The molecule has 1 amide bonds. The van der Waals surface area contributed by atoms with Gasteiger partial charge in [0.2, 0.25) is 10.0 Å². The first-order valence-electron chi connectivity index (χ1n) is 10.5. The molecule has 11 heteroatoms. The van der Waals surface area contributed by atoms with Crippen molar-refractivity contribution in [3.63, 3.8) is 0 Å². The maximum absolute atomic E-state index is 12.8. The van der Waals surface area contributed by atoms with E-state index >= 15 is 0 Å². The number of likely N-dealkylation sites (N-methyl/N-ethyl adjacent to an activating group) is 1. The molecule has 0 saturated carbocycles. The fraction of sp³-hybridized carbons (Fsp3) is 0.455. The molecule has 1 fully saturated rings. The smallest absolute Gasteiger partial charge is 0.355 e. The van der Waals surface area contributed by atoms with Crippen LogP contribution in [0, 0.1) is 0 Å². The first-order chi connectivity index (χ1) is 15.6. The molecular formula is C22H30N4O6S. The maximum Gasteiger partial charge on any atom is 0.355 e. The second kappa shape index (κ2) is 10.4. The molecule has 1 aliphatic rings. The van der Waals surface area contributed by atoms with E-state index in [1.807, 2.05) is 43.3 Å². The van der Waals surface area contributed by atoms with Crippen molar-refractivity contribution < 1.29 is 27.5 Å². The number of anilines is 1. The lowest BCUT2D eigenvalue weighted by atomic mass is 10.2. The summed E-state index contributed by atoms with van der Waals surface area (Å²) in [6.45, 7) is 1.11. The molecule has 1 aliphatic heterocycles. The Hall–Kier alpha value is -2.89. The van der Waals surface area contributed by atoms with Gasteiger partial charge in [-0.1, -0.05) is 12.1 Å². The number of esters is 1. The Kier molecular flexibility index (Phi) is 7.77. The van der Waals surface area contributed by atoms with Gasteiger partial charge in [0.25, 0.3) is 5.91 Å². The summed E-state index contributed by atoms with van der Waals surface area (Å²) < 4.78 is 38.7. The largest absolute Gasteiger partial charge is 0.451 e. The minimum atomic E-state index is -3.74. The Bertz CT molecular complexity index is 1090. The molecule has 0 N–H and O–H groups in total. The standard InChI is InChI=1S/C22H30N4O6S/c1-23(2)18-7-5-17(6-8-18)14-25(4)21(27)16-32-22(28)20-13-19(15-24(20)3)33(29,30)26-9-11-31-12-10-26/h5-8,13,15H,9-12,14,16H2,1-4H3. The summed E-state index contributed by atoms with van der Waals surface area (Å²) in [5.41, 5.74) is 2.05. The lowest BCUT2D eigenvalue weighted by Crippen LogP contribution is -2.40. The fourth-order valence-corrected chi connectivity index (χ4v) is 4.87. The van der Waals surface area contributed by atoms with Crippen LogP contribution in [-0.2, 0) is 37.9 Å². The molecule has 0 aliphatic carbocycles. The number of aromatic nitrogens is 1. The predicted octanol–water partition coefficient (Wildman–Crippen LogP) is 0.927. The van der Waals surface area contributed by atoms with E-state index in [1.54, 1.807) is 14.1 Å². The Morgan fingerprint density at radius 2 is 1.73 bits per heavy atom. The van der Waals surface area contributed by atoms with Crippen LogP contribution in [0.4, 0.5) is 5.69 Å². The number of hydrogen-bond acceptors (Lipinski definition) is 7.